The summed E-state index contributed by atoms with van der Waals surface area (Å²) in [6.45, 7) is 2.27. The fraction of sp³-hybridized carbons (Fsp3) is 0.222. The molecule has 0 unspecified atom stereocenters. The number of carbonyl (C=O) groups is 1. The molecule has 0 bridgehead atoms. The molecule has 6 nitrogen and oxygen atoms in total. The molecular weight excluding hydrogens is 378 g/mol. The number of fused-ring (bicyclic) bond motifs is 1. The Labute approximate surface area is 156 Å². The predicted octanol–water partition coefficient (Wildman–Crippen LogP) is 3.57. The predicted molar refractivity (Wildman–Crippen MR) is 94.8 cm³/mol. The van der Waals surface area contributed by atoms with Crippen molar-refractivity contribution >= 4 is 22.4 Å². The molecule has 0 aliphatic heterocycles. The lowest BCUT2D eigenvalue weighted by Gasteiger charge is -2.15. The number of hydrogen-bond acceptors (Lipinski definition) is 5. The summed E-state index contributed by atoms with van der Waals surface area (Å²) in [5, 5.41) is 2.82. The summed E-state index contributed by atoms with van der Waals surface area (Å²) in [5.74, 6) is -1.45. The minimum absolute atomic E-state index is 0.00809. The molecule has 0 atom stereocenters. The van der Waals surface area contributed by atoms with Gasteiger partial charge in [-0.05, 0) is 18.6 Å². The second-order valence-electron chi connectivity index (χ2n) is 5.94. The standard InChI is InChI=1S/C18H15F4N5O/c1-2-5-25-17(28)16-14(23)9-3-4-12(19)13(10(9)6-26-16)15-11(18(20,21)22)7-24-8-27-15/h3-4,6-8H,2,5,23H2,1H3,(H,25,28). The zero-order valence-corrected chi connectivity index (χ0v) is 14.6. The Morgan fingerprint density at radius 1 is 1.18 bits per heavy atom. The van der Waals surface area contributed by atoms with Crippen molar-refractivity contribution in [1.29, 1.82) is 0 Å². The maximum absolute atomic E-state index is 14.6. The van der Waals surface area contributed by atoms with Gasteiger partial charge in [-0.1, -0.05) is 6.92 Å². The first-order valence-electron chi connectivity index (χ1n) is 8.28. The van der Waals surface area contributed by atoms with E-state index in [4.69, 9.17) is 5.73 Å². The molecule has 28 heavy (non-hydrogen) atoms. The van der Waals surface area contributed by atoms with Crippen molar-refractivity contribution in [3.05, 3.63) is 47.9 Å². The van der Waals surface area contributed by atoms with Crippen molar-refractivity contribution in [1.82, 2.24) is 20.3 Å². The van der Waals surface area contributed by atoms with Crippen LogP contribution < -0.4 is 11.1 Å². The zero-order valence-electron chi connectivity index (χ0n) is 14.6. The van der Waals surface area contributed by atoms with Crippen LogP contribution in [-0.4, -0.2) is 27.4 Å². The van der Waals surface area contributed by atoms with Crippen molar-refractivity contribution in [2.24, 2.45) is 0 Å². The normalized spacial score (nSPS) is 11.6. The molecule has 0 spiro atoms. The molecule has 3 N–H and O–H groups in total. The van der Waals surface area contributed by atoms with Crippen LogP contribution in [0, 0.1) is 5.82 Å². The molecule has 3 rings (SSSR count). The van der Waals surface area contributed by atoms with E-state index in [9.17, 15) is 22.4 Å². The molecule has 1 amide bonds. The lowest BCUT2D eigenvalue weighted by atomic mass is 9.98. The largest absolute Gasteiger partial charge is 0.419 e. The van der Waals surface area contributed by atoms with E-state index >= 15 is 0 Å². The van der Waals surface area contributed by atoms with Crippen molar-refractivity contribution < 1.29 is 22.4 Å². The van der Waals surface area contributed by atoms with Gasteiger partial charge in [0.05, 0.1) is 11.4 Å². The lowest BCUT2D eigenvalue weighted by Crippen LogP contribution is -2.26. The van der Waals surface area contributed by atoms with Crippen LogP contribution in [0.4, 0.5) is 23.2 Å². The average Bonchev–Trinajstić information content (AvgIpc) is 2.65. The van der Waals surface area contributed by atoms with Crippen LogP contribution in [0.25, 0.3) is 22.0 Å². The number of halogens is 4. The molecule has 0 fully saturated rings. The van der Waals surface area contributed by atoms with Crippen LogP contribution in [0.1, 0.15) is 29.4 Å². The maximum Gasteiger partial charge on any atom is 0.419 e. The number of nitrogen functional groups attached to an aromatic ring is 1. The SMILES string of the molecule is CCCNC(=O)c1ncc2c(-c3ncncc3C(F)(F)F)c(F)ccc2c1N. The number of aromatic nitrogens is 3. The van der Waals surface area contributed by atoms with Gasteiger partial charge in [0.15, 0.2) is 5.69 Å². The molecule has 2 aromatic heterocycles. The maximum atomic E-state index is 14.6. The zero-order chi connectivity index (χ0) is 20.5. The molecule has 3 aromatic rings. The highest BCUT2D eigenvalue weighted by molar-refractivity contribution is 6.09. The monoisotopic (exact) mass is 393 g/mol. The van der Waals surface area contributed by atoms with Crippen LogP contribution in [0.15, 0.2) is 30.9 Å². The van der Waals surface area contributed by atoms with Gasteiger partial charge in [0.2, 0.25) is 0 Å². The van der Waals surface area contributed by atoms with E-state index < -0.39 is 34.7 Å². The molecule has 146 valence electrons. The van der Waals surface area contributed by atoms with Gasteiger partial charge in [-0.25, -0.2) is 19.3 Å². The third-order valence-corrected chi connectivity index (χ3v) is 4.07. The van der Waals surface area contributed by atoms with Crippen LogP contribution in [0.2, 0.25) is 0 Å². The quantitative estimate of drug-likeness (QED) is 0.661. The van der Waals surface area contributed by atoms with Gasteiger partial charge in [-0.3, -0.25) is 4.79 Å². The highest BCUT2D eigenvalue weighted by Crippen LogP contribution is 2.40. The highest BCUT2D eigenvalue weighted by atomic mass is 19.4. The molecular formula is C18H15F4N5O. The Morgan fingerprint density at radius 3 is 2.61 bits per heavy atom. The molecule has 0 saturated heterocycles. The van der Waals surface area contributed by atoms with E-state index in [1.165, 1.54) is 6.07 Å². The Balaban J connectivity index is 2.25. The second kappa shape index (κ2) is 7.37. The Morgan fingerprint density at radius 2 is 1.93 bits per heavy atom. The first-order valence-corrected chi connectivity index (χ1v) is 8.28. The first kappa shape index (κ1) is 19.5. The fourth-order valence-electron chi connectivity index (χ4n) is 2.77. The summed E-state index contributed by atoms with van der Waals surface area (Å²) in [4.78, 5) is 23.1. The van der Waals surface area contributed by atoms with Crippen LogP contribution in [0.5, 0.6) is 0 Å². The van der Waals surface area contributed by atoms with E-state index in [1.54, 1.807) is 0 Å². The molecule has 0 saturated carbocycles. The number of benzene rings is 1. The molecule has 1 aromatic carbocycles. The van der Waals surface area contributed by atoms with Gasteiger partial charge in [0.1, 0.15) is 17.7 Å². The number of nitrogens with two attached hydrogens (primary N) is 1. The molecule has 0 radical (unpaired) electrons. The molecule has 10 heteroatoms. The van der Waals surface area contributed by atoms with Gasteiger partial charge in [0.25, 0.3) is 5.91 Å². The number of nitrogens with zero attached hydrogens (tertiary/aromatic N) is 3. The topological polar surface area (TPSA) is 93.8 Å². The minimum atomic E-state index is -4.79. The number of hydrogen-bond donors (Lipinski definition) is 2. The van der Waals surface area contributed by atoms with Gasteiger partial charge in [0, 0.05) is 35.3 Å². The summed E-state index contributed by atoms with van der Waals surface area (Å²) < 4.78 is 54.6. The number of amides is 1. The number of pyridine rings is 1. The van der Waals surface area contributed by atoms with E-state index in [2.05, 4.69) is 20.3 Å². The summed E-state index contributed by atoms with van der Waals surface area (Å²) in [6, 6.07) is 2.26. The van der Waals surface area contributed by atoms with Crippen LogP contribution in [0.3, 0.4) is 0 Å². The number of carbonyl (C=O) groups excluding carboxylic acids is 1. The fourth-order valence-corrected chi connectivity index (χ4v) is 2.77. The summed E-state index contributed by atoms with van der Waals surface area (Å²) >= 11 is 0. The summed E-state index contributed by atoms with van der Waals surface area (Å²) in [6.07, 6.45) is -1.50. The van der Waals surface area contributed by atoms with Crippen LogP contribution in [-0.2, 0) is 6.18 Å². The van der Waals surface area contributed by atoms with Crippen molar-refractivity contribution in [2.75, 3.05) is 12.3 Å². The Kier molecular flexibility index (Phi) is 5.12. The first-order chi connectivity index (χ1) is 13.3. The Hall–Kier alpha value is -3.30. The highest BCUT2D eigenvalue weighted by Gasteiger charge is 2.36. The average molecular weight is 393 g/mol. The smallest absolute Gasteiger partial charge is 0.396 e. The number of rotatable bonds is 4. The van der Waals surface area contributed by atoms with E-state index in [-0.39, 0.29) is 22.2 Å². The van der Waals surface area contributed by atoms with Crippen molar-refractivity contribution in [2.45, 2.75) is 19.5 Å². The summed E-state index contributed by atoms with van der Waals surface area (Å²) in [7, 11) is 0. The number of nitrogens with one attached hydrogen (secondary N) is 1. The summed E-state index contributed by atoms with van der Waals surface area (Å²) in [5.41, 5.74) is 3.64. The van der Waals surface area contributed by atoms with E-state index in [0.29, 0.717) is 19.2 Å². The molecule has 0 aliphatic carbocycles. The van der Waals surface area contributed by atoms with Crippen molar-refractivity contribution in [3.8, 4) is 11.3 Å². The van der Waals surface area contributed by atoms with E-state index in [1.807, 2.05) is 6.92 Å². The Bertz CT molecular complexity index is 1050. The van der Waals surface area contributed by atoms with Gasteiger partial charge in [-0.15, -0.1) is 0 Å². The number of alkyl halides is 3. The van der Waals surface area contributed by atoms with Crippen LogP contribution >= 0.6 is 0 Å². The molecule has 0 aliphatic rings. The molecule has 2 heterocycles. The van der Waals surface area contributed by atoms with Gasteiger partial charge >= 0.3 is 6.18 Å². The third-order valence-electron chi connectivity index (χ3n) is 4.07. The van der Waals surface area contributed by atoms with Crippen molar-refractivity contribution in [3.63, 3.8) is 0 Å². The lowest BCUT2D eigenvalue weighted by molar-refractivity contribution is -0.137. The second-order valence-corrected chi connectivity index (χ2v) is 5.94. The number of anilines is 1. The van der Waals surface area contributed by atoms with Gasteiger partial charge in [-0.2, -0.15) is 13.2 Å². The van der Waals surface area contributed by atoms with Gasteiger partial charge < -0.3 is 11.1 Å². The minimum Gasteiger partial charge on any atom is -0.396 e. The third kappa shape index (κ3) is 3.45. The van der Waals surface area contributed by atoms with E-state index in [0.717, 1.165) is 18.6 Å².